The predicted molar refractivity (Wildman–Crippen MR) is 96.2 cm³/mol. The molecule has 1 heterocycles. The second kappa shape index (κ2) is 8.65. The largest absolute Gasteiger partial charge is 0.467 e. The lowest BCUT2D eigenvalue weighted by Crippen LogP contribution is -2.23. The summed E-state index contributed by atoms with van der Waals surface area (Å²) in [5, 5.41) is 3.01. The number of halogens is 2. The molecule has 4 nitrogen and oxygen atoms in total. The van der Waals surface area contributed by atoms with Crippen molar-refractivity contribution in [3.05, 3.63) is 94.2 Å². The van der Waals surface area contributed by atoms with E-state index in [1.54, 1.807) is 6.26 Å². The van der Waals surface area contributed by atoms with Gasteiger partial charge in [-0.25, -0.2) is 4.39 Å². The van der Waals surface area contributed by atoms with Crippen molar-refractivity contribution >= 4 is 17.5 Å². The van der Waals surface area contributed by atoms with Gasteiger partial charge in [-0.05, 0) is 41.5 Å². The number of amides is 1. The number of ether oxygens (including phenoxy) is 1. The molecule has 0 saturated carbocycles. The maximum Gasteiger partial charge on any atom is 0.254 e. The summed E-state index contributed by atoms with van der Waals surface area (Å²) < 4.78 is 24.5. The smallest absolute Gasteiger partial charge is 0.254 e. The monoisotopic (exact) mass is 373 g/mol. The van der Waals surface area contributed by atoms with Crippen LogP contribution in [0.4, 0.5) is 4.39 Å². The van der Waals surface area contributed by atoms with Crippen molar-refractivity contribution in [2.24, 2.45) is 0 Å². The third-order valence-corrected chi connectivity index (χ3v) is 3.95. The van der Waals surface area contributed by atoms with Crippen LogP contribution in [0.3, 0.4) is 0 Å². The van der Waals surface area contributed by atoms with Crippen LogP contribution in [0.1, 0.15) is 27.2 Å². The first kappa shape index (κ1) is 18.2. The van der Waals surface area contributed by atoms with Crippen LogP contribution in [0.25, 0.3) is 0 Å². The van der Waals surface area contributed by atoms with E-state index < -0.39 is 11.7 Å². The lowest BCUT2D eigenvalue weighted by atomic mass is 10.1. The molecule has 0 atom stereocenters. The molecule has 3 rings (SSSR count). The standard InChI is InChI=1S/C20H17ClFNO3/c21-16-6-7-19(22)18(10-16)20(24)23-11-14-3-1-4-15(9-14)12-25-13-17-5-2-8-26-17/h1-10H,11-13H2,(H,23,24). The molecular weight excluding hydrogens is 357 g/mol. The Hall–Kier alpha value is -2.63. The van der Waals surface area contributed by atoms with Gasteiger partial charge in [0.05, 0.1) is 18.4 Å². The molecule has 0 aliphatic heterocycles. The lowest BCUT2D eigenvalue weighted by molar-refractivity contribution is 0.0928. The average molecular weight is 374 g/mol. The summed E-state index contributed by atoms with van der Waals surface area (Å²) in [6.45, 7) is 1.09. The number of benzene rings is 2. The van der Waals surface area contributed by atoms with E-state index >= 15 is 0 Å². The van der Waals surface area contributed by atoms with Crippen molar-refractivity contribution in [2.75, 3.05) is 0 Å². The van der Waals surface area contributed by atoms with Crippen molar-refractivity contribution in [1.29, 1.82) is 0 Å². The zero-order valence-electron chi connectivity index (χ0n) is 13.9. The van der Waals surface area contributed by atoms with Gasteiger partial charge in [-0.1, -0.05) is 35.9 Å². The second-order valence-electron chi connectivity index (χ2n) is 5.70. The van der Waals surface area contributed by atoms with Crippen LogP contribution in [-0.4, -0.2) is 5.91 Å². The van der Waals surface area contributed by atoms with Crippen molar-refractivity contribution in [1.82, 2.24) is 5.32 Å². The molecule has 1 aromatic heterocycles. The van der Waals surface area contributed by atoms with Crippen molar-refractivity contribution < 1.29 is 18.3 Å². The van der Waals surface area contributed by atoms with E-state index in [2.05, 4.69) is 5.32 Å². The van der Waals surface area contributed by atoms with Gasteiger partial charge in [-0.2, -0.15) is 0 Å². The molecule has 2 aromatic carbocycles. The quantitative estimate of drug-likeness (QED) is 0.652. The van der Waals surface area contributed by atoms with Crippen LogP contribution in [-0.2, 0) is 24.5 Å². The molecule has 1 amide bonds. The van der Waals surface area contributed by atoms with Crippen molar-refractivity contribution in [2.45, 2.75) is 19.8 Å². The molecular formula is C20H17ClFNO3. The lowest BCUT2D eigenvalue weighted by Gasteiger charge is -2.09. The van der Waals surface area contributed by atoms with E-state index in [0.717, 1.165) is 16.9 Å². The van der Waals surface area contributed by atoms with Crippen LogP contribution >= 0.6 is 11.6 Å². The maximum atomic E-state index is 13.7. The molecule has 26 heavy (non-hydrogen) atoms. The molecule has 0 unspecified atom stereocenters. The summed E-state index contributed by atoms with van der Waals surface area (Å²) >= 11 is 5.82. The second-order valence-corrected chi connectivity index (χ2v) is 6.14. The van der Waals surface area contributed by atoms with E-state index in [9.17, 15) is 9.18 Å². The van der Waals surface area contributed by atoms with Gasteiger partial charge < -0.3 is 14.5 Å². The normalized spacial score (nSPS) is 10.7. The number of hydrogen-bond acceptors (Lipinski definition) is 3. The summed E-state index contributed by atoms with van der Waals surface area (Å²) in [7, 11) is 0. The van der Waals surface area contributed by atoms with Crippen LogP contribution in [0.2, 0.25) is 5.02 Å². The fourth-order valence-corrected chi connectivity index (χ4v) is 2.61. The molecule has 0 saturated heterocycles. The van der Waals surface area contributed by atoms with Gasteiger partial charge in [0.2, 0.25) is 0 Å². The van der Waals surface area contributed by atoms with Crippen LogP contribution in [0.15, 0.2) is 65.3 Å². The summed E-state index contributed by atoms with van der Waals surface area (Å²) in [5.74, 6) is -0.353. The van der Waals surface area contributed by atoms with Gasteiger partial charge in [0.1, 0.15) is 18.2 Å². The Morgan fingerprint density at radius 3 is 2.73 bits per heavy atom. The van der Waals surface area contributed by atoms with Crippen LogP contribution in [0, 0.1) is 5.82 Å². The third kappa shape index (κ3) is 4.94. The van der Waals surface area contributed by atoms with Gasteiger partial charge in [0.25, 0.3) is 5.91 Å². The van der Waals surface area contributed by atoms with E-state index in [4.69, 9.17) is 20.8 Å². The highest BCUT2D eigenvalue weighted by Crippen LogP contribution is 2.15. The first-order valence-corrected chi connectivity index (χ1v) is 8.41. The third-order valence-electron chi connectivity index (χ3n) is 3.71. The summed E-state index contributed by atoms with van der Waals surface area (Å²) in [4.78, 5) is 12.1. The molecule has 0 spiro atoms. The Balaban J connectivity index is 1.54. The van der Waals surface area contributed by atoms with E-state index in [0.29, 0.717) is 18.2 Å². The molecule has 0 aliphatic rings. The van der Waals surface area contributed by atoms with Crippen LogP contribution < -0.4 is 5.32 Å². The SMILES string of the molecule is O=C(NCc1cccc(COCc2ccco2)c1)c1cc(Cl)ccc1F. The fraction of sp³-hybridized carbons (Fsp3) is 0.150. The van der Waals surface area contributed by atoms with Crippen molar-refractivity contribution in [3.8, 4) is 0 Å². The van der Waals surface area contributed by atoms with Gasteiger partial charge in [0.15, 0.2) is 0 Å². The number of furan rings is 1. The number of carbonyl (C=O) groups is 1. The van der Waals surface area contributed by atoms with E-state index in [1.807, 2.05) is 36.4 Å². The molecule has 6 heteroatoms. The highest BCUT2D eigenvalue weighted by atomic mass is 35.5. The van der Waals surface area contributed by atoms with E-state index in [-0.39, 0.29) is 12.1 Å². The zero-order chi connectivity index (χ0) is 18.4. The summed E-state index contributed by atoms with van der Waals surface area (Å²) in [6.07, 6.45) is 1.60. The first-order valence-electron chi connectivity index (χ1n) is 8.03. The zero-order valence-corrected chi connectivity index (χ0v) is 14.6. The molecule has 0 fully saturated rings. The maximum absolute atomic E-state index is 13.7. The van der Waals surface area contributed by atoms with Gasteiger partial charge in [-0.3, -0.25) is 4.79 Å². The fourth-order valence-electron chi connectivity index (χ4n) is 2.44. The summed E-state index contributed by atoms with van der Waals surface area (Å²) in [5.41, 5.74) is 1.78. The Bertz CT molecular complexity index is 881. The van der Waals surface area contributed by atoms with Gasteiger partial charge >= 0.3 is 0 Å². The first-order chi connectivity index (χ1) is 12.6. The molecule has 3 aromatic rings. The topological polar surface area (TPSA) is 51.5 Å². The number of carbonyl (C=O) groups excluding carboxylic acids is 1. The highest BCUT2D eigenvalue weighted by Gasteiger charge is 2.12. The molecule has 0 bridgehead atoms. The summed E-state index contributed by atoms with van der Waals surface area (Å²) in [6, 6.07) is 15.2. The minimum atomic E-state index is -0.605. The van der Waals surface area contributed by atoms with Gasteiger partial charge in [-0.15, -0.1) is 0 Å². The average Bonchev–Trinajstić information content (AvgIpc) is 3.15. The van der Waals surface area contributed by atoms with Gasteiger partial charge in [0, 0.05) is 11.6 Å². The number of rotatable bonds is 7. The highest BCUT2D eigenvalue weighted by molar-refractivity contribution is 6.31. The molecule has 1 N–H and O–H groups in total. The number of hydrogen-bond donors (Lipinski definition) is 1. The Morgan fingerprint density at radius 1 is 1.08 bits per heavy atom. The Morgan fingerprint density at radius 2 is 1.92 bits per heavy atom. The van der Waals surface area contributed by atoms with Crippen molar-refractivity contribution in [3.63, 3.8) is 0 Å². The molecule has 134 valence electrons. The Labute approximate surface area is 155 Å². The predicted octanol–water partition coefficient (Wildman–Crippen LogP) is 4.72. The van der Waals surface area contributed by atoms with Crippen LogP contribution in [0.5, 0.6) is 0 Å². The number of nitrogens with one attached hydrogen (secondary N) is 1. The minimum Gasteiger partial charge on any atom is -0.467 e. The molecule has 0 aliphatic carbocycles. The van der Waals surface area contributed by atoms with E-state index in [1.165, 1.54) is 18.2 Å². The Kier molecular flexibility index (Phi) is 6.04. The molecule has 0 radical (unpaired) electrons. The minimum absolute atomic E-state index is 0.0737.